The third kappa shape index (κ3) is 3.67. The standard InChI is InChI=1S/C23H27ClO/c1-22(2)10-11-23(3,4)21-14-17(8-9-20(21)22)18(15-25)12-16-6-5-7-19(24)13-16/h5-9,13-15,18H,10-12H2,1-4H3. The van der Waals surface area contributed by atoms with Gasteiger partial charge in [0, 0.05) is 10.9 Å². The molecule has 0 bridgehead atoms. The molecule has 0 aromatic heterocycles. The largest absolute Gasteiger partial charge is 0.303 e. The van der Waals surface area contributed by atoms with Crippen molar-refractivity contribution in [2.24, 2.45) is 0 Å². The Labute approximate surface area is 156 Å². The molecular weight excluding hydrogens is 328 g/mol. The lowest BCUT2D eigenvalue weighted by molar-refractivity contribution is -0.109. The van der Waals surface area contributed by atoms with Crippen molar-refractivity contribution >= 4 is 17.9 Å². The second-order valence-corrected chi connectivity index (χ2v) is 9.09. The first-order valence-corrected chi connectivity index (χ1v) is 9.45. The number of benzene rings is 2. The molecule has 0 radical (unpaired) electrons. The molecule has 0 spiro atoms. The van der Waals surface area contributed by atoms with Crippen molar-refractivity contribution in [1.82, 2.24) is 0 Å². The van der Waals surface area contributed by atoms with Crippen LogP contribution in [0.15, 0.2) is 42.5 Å². The first-order chi connectivity index (χ1) is 11.7. The van der Waals surface area contributed by atoms with E-state index in [-0.39, 0.29) is 16.7 Å². The Kier molecular flexibility index (Phi) is 4.81. The van der Waals surface area contributed by atoms with Crippen LogP contribution in [0.4, 0.5) is 0 Å². The average Bonchev–Trinajstić information content (AvgIpc) is 2.57. The van der Waals surface area contributed by atoms with Crippen LogP contribution in [0.25, 0.3) is 0 Å². The third-order valence-corrected chi connectivity index (χ3v) is 6.05. The quantitative estimate of drug-likeness (QED) is 0.596. The number of hydrogen-bond donors (Lipinski definition) is 0. The van der Waals surface area contributed by atoms with Crippen LogP contribution in [0.2, 0.25) is 5.02 Å². The van der Waals surface area contributed by atoms with Crippen LogP contribution in [-0.2, 0) is 22.0 Å². The second-order valence-electron chi connectivity index (χ2n) is 8.65. The zero-order valence-electron chi connectivity index (χ0n) is 15.6. The van der Waals surface area contributed by atoms with Gasteiger partial charge in [-0.3, -0.25) is 0 Å². The monoisotopic (exact) mass is 354 g/mol. The van der Waals surface area contributed by atoms with Crippen LogP contribution in [-0.4, -0.2) is 6.29 Å². The number of aldehydes is 1. The maximum Gasteiger partial charge on any atom is 0.127 e. The van der Waals surface area contributed by atoms with E-state index in [0.29, 0.717) is 6.42 Å². The molecule has 1 aliphatic carbocycles. The Morgan fingerprint density at radius 3 is 2.32 bits per heavy atom. The lowest BCUT2D eigenvalue weighted by Crippen LogP contribution is -2.34. The molecule has 0 aliphatic heterocycles. The Hall–Kier alpha value is -1.60. The zero-order chi connectivity index (χ0) is 18.2. The molecule has 2 heteroatoms. The summed E-state index contributed by atoms with van der Waals surface area (Å²) in [7, 11) is 0. The van der Waals surface area contributed by atoms with Crippen molar-refractivity contribution in [3.63, 3.8) is 0 Å². The number of halogens is 1. The van der Waals surface area contributed by atoms with Gasteiger partial charge in [0.1, 0.15) is 6.29 Å². The molecule has 25 heavy (non-hydrogen) atoms. The average molecular weight is 355 g/mol. The number of carbonyl (C=O) groups is 1. The van der Waals surface area contributed by atoms with Crippen LogP contribution in [0.3, 0.4) is 0 Å². The van der Waals surface area contributed by atoms with E-state index in [1.165, 1.54) is 24.0 Å². The lowest BCUT2D eigenvalue weighted by atomic mass is 9.62. The summed E-state index contributed by atoms with van der Waals surface area (Å²) in [4.78, 5) is 11.8. The summed E-state index contributed by atoms with van der Waals surface area (Å²) in [5.74, 6) is -0.135. The molecule has 0 heterocycles. The minimum Gasteiger partial charge on any atom is -0.303 e. The molecule has 0 saturated carbocycles. The molecule has 1 unspecified atom stereocenters. The van der Waals surface area contributed by atoms with Crippen molar-refractivity contribution in [2.45, 2.75) is 63.7 Å². The first-order valence-electron chi connectivity index (χ1n) is 9.08. The molecular formula is C23H27ClO. The summed E-state index contributed by atoms with van der Waals surface area (Å²) in [6, 6.07) is 14.5. The molecule has 0 fully saturated rings. The highest BCUT2D eigenvalue weighted by molar-refractivity contribution is 6.30. The summed E-state index contributed by atoms with van der Waals surface area (Å²) in [5.41, 5.74) is 5.40. The van der Waals surface area contributed by atoms with Crippen LogP contribution in [0.5, 0.6) is 0 Å². The third-order valence-electron chi connectivity index (χ3n) is 5.81. The van der Waals surface area contributed by atoms with E-state index in [1.54, 1.807) is 0 Å². The van der Waals surface area contributed by atoms with Gasteiger partial charge < -0.3 is 4.79 Å². The predicted molar refractivity (Wildman–Crippen MR) is 106 cm³/mol. The fourth-order valence-corrected chi connectivity index (χ4v) is 4.21. The molecule has 3 rings (SSSR count). The molecule has 132 valence electrons. The van der Waals surface area contributed by atoms with Gasteiger partial charge in [0.15, 0.2) is 0 Å². The molecule has 0 saturated heterocycles. The van der Waals surface area contributed by atoms with E-state index >= 15 is 0 Å². The van der Waals surface area contributed by atoms with Gasteiger partial charge in [-0.25, -0.2) is 0 Å². The highest BCUT2D eigenvalue weighted by Gasteiger charge is 2.37. The topological polar surface area (TPSA) is 17.1 Å². The Balaban J connectivity index is 1.98. The Bertz CT molecular complexity index is 788. The van der Waals surface area contributed by atoms with Crippen LogP contribution in [0, 0.1) is 0 Å². The van der Waals surface area contributed by atoms with Crippen molar-refractivity contribution < 1.29 is 4.79 Å². The smallest absolute Gasteiger partial charge is 0.127 e. The van der Waals surface area contributed by atoms with E-state index in [2.05, 4.69) is 45.9 Å². The van der Waals surface area contributed by atoms with Gasteiger partial charge in [-0.2, -0.15) is 0 Å². The van der Waals surface area contributed by atoms with E-state index < -0.39 is 0 Å². The predicted octanol–water partition coefficient (Wildman–Crippen LogP) is 6.21. The Morgan fingerprint density at radius 1 is 1.00 bits per heavy atom. The number of hydrogen-bond acceptors (Lipinski definition) is 1. The van der Waals surface area contributed by atoms with Crippen molar-refractivity contribution in [3.05, 3.63) is 69.7 Å². The summed E-state index contributed by atoms with van der Waals surface area (Å²) >= 11 is 6.09. The van der Waals surface area contributed by atoms with Gasteiger partial charge >= 0.3 is 0 Å². The maximum absolute atomic E-state index is 11.8. The second kappa shape index (κ2) is 6.61. The van der Waals surface area contributed by atoms with Gasteiger partial charge in [0.05, 0.1) is 0 Å². The normalized spacial score (nSPS) is 19.1. The summed E-state index contributed by atoms with van der Waals surface area (Å²) < 4.78 is 0. The molecule has 2 aromatic carbocycles. The lowest BCUT2D eigenvalue weighted by Gasteiger charge is -2.42. The summed E-state index contributed by atoms with van der Waals surface area (Å²) in [6.07, 6.45) is 4.14. The SMILES string of the molecule is CC1(C)CCC(C)(C)c2cc(C(C=O)Cc3cccc(Cl)c3)ccc21. The molecule has 1 aliphatic rings. The van der Waals surface area contributed by atoms with Crippen LogP contribution in [0.1, 0.15) is 68.7 Å². The molecule has 0 N–H and O–H groups in total. The van der Waals surface area contributed by atoms with E-state index in [1.807, 2.05) is 24.3 Å². The summed E-state index contributed by atoms with van der Waals surface area (Å²) in [6.45, 7) is 9.28. The fourth-order valence-electron chi connectivity index (χ4n) is 4.00. The van der Waals surface area contributed by atoms with Gasteiger partial charge in [-0.1, -0.05) is 69.6 Å². The maximum atomic E-state index is 11.8. The Morgan fingerprint density at radius 2 is 1.68 bits per heavy atom. The van der Waals surface area contributed by atoms with E-state index in [9.17, 15) is 4.79 Å². The molecule has 2 aromatic rings. The zero-order valence-corrected chi connectivity index (χ0v) is 16.4. The van der Waals surface area contributed by atoms with E-state index in [4.69, 9.17) is 11.6 Å². The van der Waals surface area contributed by atoms with Crippen molar-refractivity contribution in [1.29, 1.82) is 0 Å². The molecule has 1 atom stereocenters. The van der Waals surface area contributed by atoms with Crippen molar-refractivity contribution in [2.75, 3.05) is 0 Å². The number of carbonyl (C=O) groups excluding carboxylic acids is 1. The number of fused-ring (bicyclic) bond motifs is 1. The highest BCUT2D eigenvalue weighted by atomic mass is 35.5. The first kappa shape index (κ1) is 18.2. The van der Waals surface area contributed by atoms with Gasteiger partial charge in [-0.15, -0.1) is 0 Å². The molecule has 1 nitrogen and oxygen atoms in total. The fraction of sp³-hybridized carbons (Fsp3) is 0.435. The molecule has 0 amide bonds. The number of rotatable bonds is 4. The minimum atomic E-state index is -0.135. The van der Waals surface area contributed by atoms with Gasteiger partial charge in [-0.05, 0) is 64.5 Å². The van der Waals surface area contributed by atoms with Crippen LogP contribution < -0.4 is 0 Å². The highest BCUT2D eigenvalue weighted by Crippen LogP contribution is 2.46. The van der Waals surface area contributed by atoms with E-state index in [0.717, 1.165) is 22.4 Å². The van der Waals surface area contributed by atoms with Crippen LogP contribution >= 0.6 is 11.6 Å². The van der Waals surface area contributed by atoms with Gasteiger partial charge in [0.2, 0.25) is 0 Å². The summed E-state index contributed by atoms with van der Waals surface area (Å²) in [5, 5.41) is 0.718. The van der Waals surface area contributed by atoms with Gasteiger partial charge in [0.25, 0.3) is 0 Å². The minimum absolute atomic E-state index is 0.135. The van der Waals surface area contributed by atoms with Crippen molar-refractivity contribution in [3.8, 4) is 0 Å².